The van der Waals surface area contributed by atoms with Gasteiger partial charge in [-0.05, 0) is 32.6 Å². The van der Waals surface area contributed by atoms with Crippen molar-refractivity contribution in [2.24, 2.45) is 5.92 Å². The minimum Gasteiger partial charge on any atom is -0.476 e. The fourth-order valence-corrected chi connectivity index (χ4v) is 4.29. The number of hydrogen-bond donors (Lipinski definition) is 1. The molecule has 0 bridgehead atoms. The molecule has 0 spiro atoms. The lowest BCUT2D eigenvalue weighted by atomic mass is 10.0. The third kappa shape index (κ3) is 2.95. The summed E-state index contributed by atoms with van der Waals surface area (Å²) >= 11 is 1.39. The molecule has 0 atom stereocenters. The van der Waals surface area contributed by atoms with Gasteiger partial charge in [0, 0.05) is 30.8 Å². The van der Waals surface area contributed by atoms with Gasteiger partial charge in [0.1, 0.15) is 4.88 Å². The number of amides is 1. The average molecular weight is 360 g/mol. The number of carbonyl (C=O) groups is 2. The Bertz CT molecular complexity index is 866. The van der Waals surface area contributed by atoms with Gasteiger partial charge in [-0.25, -0.2) is 9.78 Å². The first-order valence-electron chi connectivity index (χ1n) is 8.49. The van der Waals surface area contributed by atoms with Crippen molar-refractivity contribution >= 4 is 23.2 Å². The van der Waals surface area contributed by atoms with Crippen molar-refractivity contribution in [3.8, 4) is 0 Å². The van der Waals surface area contributed by atoms with E-state index in [-0.39, 0.29) is 11.6 Å². The third-order valence-electron chi connectivity index (χ3n) is 4.85. The molecule has 3 heterocycles. The highest BCUT2D eigenvalue weighted by Gasteiger charge is 2.33. The van der Waals surface area contributed by atoms with Crippen LogP contribution in [-0.2, 0) is 19.5 Å². The van der Waals surface area contributed by atoms with Crippen LogP contribution in [0.4, 0.5) is 0 Å². The highest BCUT2D eigenvalue weighted by molar-refractivity contribution is 7.13. The smallest absolute Gasteiger partial charge is 0.356 e. The fraction of sp³-hybridized carbons (Fsp3) is 0.529. The van der Waals surface area contributed by atoms with Gasteiger partial charge in [-0.2, -0.15) is 5.10 Å². The lowest BCUT2D eigenvalue weighted by Gasteiger charge is -2.27. The average Bonchev–Trinajstić information content (AvgIpc) is 3.22. The van der Waals surface area contributed by atoms with Gasteiger partial charge in [0.25, 0.3) is 5.91 Å². The molecule has 0 unspecified atom stereocenters. The van der Waals surface area contributed by atoms with Gasteiger partial charge in [0.05, 0.1) is 17.2 Å². The first kappa shape index (κ1) is 16.3. The van der Waals surface area contributed by atoms with E-state index < -0.39 is 5.97 Å². The molecule has 25 heavy (non-hydrogen) atoms. The molecule has 2 aromatic heterocycles. The van der Waals surface area contributed by atoms with Crippen LogP contribution < -0.4 is 0 Å². The number of rotatable bonds is 4. The minimum absolute atomic E-state index is 0.0694. The molecule has 1 N–H and O–H groups in total. The van der Waals surface area contributed by atoms with E-state index in [1.54, 1.807) is 4.90 Å². The van der Waals surface area contributed by atoms with Crippen molar-refractivity contribution in [2.45, 2.75) is 46.2 Å². The van der Waals surface area contributed by atoms with E-state index in [4.69, 9.17) is 0 Å². The Labute approximate surface area is 149 Å². The van der Waals surface area contributed by atoms with Gasteiger partial charge in [0.15, 0.2) is 5.69 Å². The number of nitrogens with zero attached hydrogens (tertiary/aromatic N) is 4. The zero-order chi connectivity index (χ0) is 17.7. The molecule has 7 nitrogen and oxygen atoms in total. The quantitative estimate of drug-likeness (QED) is 0.903. The van der Waals surface area contributed by atoms with Crippen molar-refractivity contribution in [1.82, 2.24) is 19.7 Å². The lowest BCUT2D eigenvalue weighted by Crippen LogP contribution is -2.36. The lowest BCUT2D eigenvalue weighted by molar-refractivity contribution is 0.0674. The first-order valence-corrected chi connectivity index (χ1v) is 9.31. The Kier molecular flexibility index (Phi) is 3.87. The number of aromatic carboxylic acids is 1. The molecule has 0 aromatic carbocycles. The maximum absolute atomic E-state index is 12.8. The summed E-state index contributed by atoms with van der Waals surface area (Å²) in [5.41, 5.74) is 2.49. The highest BCUT2D eigenvalue weighted by atomic mass is 32.1. The number of aryl methyl sites for hydroxylation is 2. The van der Waals surface area contributed by atoms with Gasteiger partial charge in [-0.15, -0.1) is 11.3 Å². The number of hydrogen-bond acceptors (Lipinski definition) is 5. The van der Waals surface area contributed by atoms with Crippen LogP contribution in [0.1, 0.15) is 55.0 Å². The fourth-order valence-electron chi connectivity index (χ4n) is 3.41. The van der Waals surface area contributed by atoms with E-state index >= 15 is 0 Å². The summed E-state index contributed by atoms with van der Waals surface area (Å²) in [6, 6.07) is 0. The molecule has 1 saturated carbocycles. The number of fused-ring (bicyclic) bond motifs is 1. The molecule has 1 fully saturated rings. The van der Waals surface area contributed by atoms with Crippen LogP contribution in [0.25, 0.3) is 0 Å². The summed E-state index contributed by atoms with van der Waals surface area (Å²) in [6.45, 7) is 5.39. The maximum atomic E-state index is 12.8. The van der Waals surface area contributed by atoms with E-state index in [0.717, 1.165) is 22.9 Å². The molecule has 0 radical (unpaired) electrons. The third-order valence-corrected chi connectivity index (χ3v) is 5.91. The van der Waals surface area contributed by atoms with Gasteiger partial charge in [-0.1, -0.05) is 0 Å². The van der Waals surface area contributed by atoms with Gasteiger partial charge >= 0.3 is 5.97 Å². The number of carbonyl (C=O) groups excluding carboxylic acids is 1. The second-order valence-electron chi connectivity index (χ2n) is 6.83. The zero-order valence-electron chi connectivity index (χ0n) is 14.3. The predicted octanol–water partition coefficient (Wildman–Crippen LogP) is 2.26. The maximum Gasteiger partial charge on any atom is 0.356 e. The van der Waals surface area contributed by atoms with E-state index in [0.29, 0.717) is 35.9 Å². The summed E-state index contributed by atoms with van der Waals surface area (Å²) in [4.78, 5) is 31.1. The highest BCUT2D eigenvalue weighted by Crippen LogP contribution is 2.33. The van der Waals surface area contributed by atoms with E-state index in [2.05, 4.69) is 10.1 Å². The van der Waals surface area contributed by atoms with Crippen molar-refractivity contribution in [1.29, 1.82) is 0 Å². The van der Waals surface area contributed by atoms with Crippen LogP contribution in [0, 0.1) is 19.8 Å². The SMILES string of the molecule is Cc1nc(C)c(C(=O)N2CCc3c(c(C(=O)O)nn3CC3CC3)C2)s1. The normalized spacial score (nSPS) is 16.8. The van der Waals surface area contributed by atoms with Gasteiger partial charge in [-0.3, -0.25) is 9.48 Å². The number of carboxylic acid groups (broad SMARTS) is 1. The zero-order valence-corrected chi connectivity index (χ0v) is 15.1. The molecular weight excluding hydrogens is 340 g/mol. The molecule has 1 amide bonds. The first-order chi connectivity index (χ1) is 11.9. The van der Waals surface area contributed by atoms with Crippen molar-refractivity contribution in [3.05, 3.63) is 32.5 Å². The molecule has 4 rings (SSSR count). The number of carboxylic acids is 1. The van der Waals surface area contributed by atoms with Crippen LogP contribution in [0.3, 0.4) is 0 Å². The Balaban J connectivity index is 1.63. The standard InChI is InChI=1S/C17H20N4O3S/c1-9-15(25-10(2)18-9)16(22)20-6-5-13-12(8-20)14(17(23)24)19-21(13)7-11-3-4-11/h11H,3-8H2,1-2H3,(H,23,24). The van der Waals surface area contributed by atoms with Crippen LogP contribution in [-0.4, -0.2) is 43.2 Å². The molecule has 132 valence electrons. The predicted molar refractivity (Wildman–Crippen MR) is 91.9 cm³/mol. The molecule has 8 heteroatoms. The summed E-state index contributed by atoms with van der Waals surface area (Å²) in [7, 11) is 0. The molecule has 2 aromatic rings. The van der Waals surface area contributed by atoms with Crippen molar-refractivity contribution in [2.75, 3.05) is 6.54 Å². The minimum atomic E-state index is -1.02. The Morgan fingerprint density at radius 3 is 2.68 bits per heavy atom. The van der Waals surface area contributed by atoms with E-state index in [1.807, 2.05) is 18.5 Å². The molecular formula is C17H20N4O3S. The van der Waals surface area contributed by atoms with Crippen LogP contribution in [0.2, 0.25) is 0 Å². The summed E-state index contributed by atoms with van der Waals surface area (Å²) in [5.74, 6) is -0.474. The second-order valence-corrected chi connectivity index (χ2v) is 8.03. The van der Waals surface area contributed by atoms with Crippen LogP contribution in [0.5, 0.6) is 0 Å². The van der Waals surface area contributed by atoms with E-state index in [1.165, 1.54) is 24.2 Å². The van der Waals surface area contributed by atoms with Crippen molar-refractivity contribution < 1.29 is 14.7 Å². The summed E-state index contributed by atoms with van der Waals surface area (Å²) in [6.07, 6.45) is 3.02. The molecule has 0 saturated heterocycles. The van der Waals surface area contributed by atoms with Crippen LogP contribution in [0.15, 0.2) is 0 Å². The molecule has 1 aliphatic heterocycles. The molecule has 1 aliphatic carbocycles. The molecule has 2 aliphatic rings. The Morgan fingerprint density at radius 2 is 2.08 bits per heavy atom. The van der Waals surface area contributed by atoms with Gasteiger partial charge in [0.2, 0.25) is 0 Å². The monoisotopic (exact) mass is 360 g/mol. The number of thiazole rings is 1. The Morgan fingerprint density at radius 1 is 1.32 bits per heavy atom. The summed E-state index contributed by atoms with van der Waals surface area (Å²) < 4.78 is 1.86. The second kappa shape index (κ2) is 5.94. The largest absolute Gasteiger partial charge is 0.476 e. The topological polar surface area (TPSA) is 88.3 Å². The van der Waals surface area contributed by atoms with Crippen molar-refractivity contribution in [3.63, 3.8) is 0 Å². The van der Waals surface area contributed by atoms with E-state index in [9.17, 15) is 14.7 Å². The van der Waals surface area contributed by atoms with Gasteiger partial charge < -0.3 is 10.0 Å². The van der Waals surface area contributed by atoms with Crippen LogP contribution >= 0.6 is 11.3 Å². The Hall–Kier alpha value is -2.22. The summed E-state index contributed by atoms with van der Waals surface area (Å²) in [5, 5.41) is 14.7. The number of aromatic nitrogens is 3.